The predicted molar refractivity (Wildman–Crippen MR) is 84.5 cm³/mol. The van der Waals surface area contributed by atoms with Gasteiger partial charge in [0.1, 0.15) is 17.6 Å². The molecule has 1 aromatic heterocycles. The third kappa shape index (κ3) is 2.58. The number of nitrogens with two attached hydrogens (primary N) is 1. The number of rotatable bonds is 3. The molecule has 3 nitrogen and oxygen atoms in total. The fraction of sp³-hybridized carbons (Fsp3) is 0.0667. The van der Waals surface area contributed by atoms with Crippen molar-refractivity contribution in [3.05, 3.63) is 69.1 Å². The Bertz CT molecular complexity index is 805. The van der Waals surface area contributed by atoms with Crippen molar-refractivity contribution in [2.24, 2.45) is 5.84 Å². The standard InChI is InChI=1S/C15H11BrClFN2O/c16-13-9(4-2-6-11(13)18)14(20-19)12-7-8-3-1-5-10(17)15(8)21-12/h1-7,14,20H,19H2. The van der Waals surface area contributed by atoms with E-state index >= 15 is 0 Å². The first-order chi connectivity index (χ1) is 10.1. The molecule has 2 aromatic carbocycles. The van der Waals surface area contributed by atoms with Gasteiger partial charge >= 0.3 is 0 Å². The highest BCUT2D eigenvalue weighted by Crippen LogP contribution is 2.34. The molecule has 0 aliphatic heterocycles. The summed E-state index contributed by atoms with van der Waals surface area (Å²) in [5.41, 5.74) is 3.88. The van der Waals surface area contributed by atoms with Crippen LogP contribution in [0.1, 0.15) is 17.4 Å². The van der Waals surface area contributed by atoms with Crippen molar-refractivity contribution in [1.29, 1.82) is 0 Å². The molecule has 21 heavy (non-hydrogen) atoms. The molecule has 0 amide bonds. The summed E-state index contributed by atoms with van der Waals surface area (Å²) in [5, 5.41) is 1.39. The Morgan fingerprint density at radius 3 is 2.71 bits per heavy atom. The zero-order valence-electron chi connectivity index (χ0n) is 10.7. The minimum Gasteiger partial charge on any atom is -0.457 e. The summed E-state index contributed by atoms with van der Waals surface area (Å²) < 4.78 is 19.8. The number of hydrazine groups is 1. The number of fused-ring (bicyclic) bond motifs is 1. The van der Waals surface area contributed by atoms with Gasteiger partial charge in [-0.1, -0.05) is 35.9 Å². The lowest BCUT2D eigenvalue weighted by atomic mass is 10.0. The number of nitrogens with one attached hydrogen (secondary N) is 1. The maximum Gasteiger partial charge on any atom is 0.152 e. The zero-order valence-corrected chi connectivity index (χ0v) is 13.1. The van der Waals surface area contributed by atoms with Crippen LogP contribution in [0.4, 0.5) is 4.39 Å². The SMILES string of the molecule is NNC(c1cc2cccc(Cl)c2o1)c1cccc(F)c1Br. The van der Waals surface area contributed by atoms with E-state index in [1.165, 1.54) is 6.07 Å². The Hall–Kier alpha value is -1.40. The number of benzene rings is 2. The lowest BCUT2D eigenvalue weighted by Crippen LogP contribution is -2.28. The average Bonchev–Trinajstić information content (AvgIpc) is 2.89. The van der Waals surface area contributed by atoms with Gasteiger partial charge in [0, 0.05) is 5.39 Å². The molecule has 1 unspecified atom stereocenters. The third-order valence-electron chi connectivity index (χ3n) is 3.26. The summed E-state index contributed by atoms with van der Waals surface area (Å²) in [4.78, 5) is 0. The lowest BCUT2D eigenvalue weighted by molar-refractivity contribution is 0.474. The molecule has 108 valence electrons. The fourth-order valence-electron chi connectivity index (χ4n) is 2.26. The first-order valence-electron chi connectivity index (χ1n) is 6.20. The predicted octanol–water partition coefficient (Wildman–Crippen LogP) is 4.54. The number of para-hydroxylation sites is 1. The van der Waals surface area contributed by atoms with Crippen LogP contribution in [-0.2, 0) is 0 Å². The van der Waals surface area contributed by atoms with Crippen LogP contribution in [-0.4, -0.2) is 0 Å². The minimum absolute atomic E-state index is 0.347. The van der Waals surface area contributed by atoms with E-state index in [1.54, 1.807) is 18.2 Å². The van der Waals surface area contributed by atoms with Gasteiger partial charge in [0.05, 0.1) is 9.50 Å². The summed E-state index contributed by atoms with van der Waals surface area (Å²) in [6, 6.07) is 11.6. The summed E-state index contributed by atoms with van der Waals surface area (Å²) in [5.74, 6) is 5.83. The van der Waals surface area contributed by atoms with Crippen molar-refractivity contribution >= 4 is 38.5 Å². The van der Waals surface area contributed by atoms with Gasteiger partial charge in [-0.2, -0.15) is 0 Å². The molecule has 0 fully saturated rings. The molecular weight excluding hydrogens is 359 g/mol. The van der Waals surface area contributed by atoms with Gasteiger partial charge in [0.25, 0.3) is 0 Å². The van der Waals surface area contributed by atoms with Crippen LogP contribution in [0.25, 0.3) is 11.0 Å². The molecule has 0 saturated carbocycles. The van der Waals surface area contributed by atoms with Crippen molar-refractivity contribution in [3.8, 4) is 0 Å². The van der Waals surface area contributed by atoms with Gasteiger partial charge in [-0.3, -0.25) is 5.84 Å². The Labute approximate surface area is 134 Å². The molecule has 0 bridgehead atoms. The highest BCUT2D eigenvalue weighted by atomic mass is 79.9. The van der Waals surface area contributed by atoms with Crippen LogP contribution >= 0.6 is 27.5 Å². The molecule has 0 radical (unpaired) electrons. The first kappa shape index (κ1) is 14.5. The molecule has 3 N–H and O–H groups in total. The van der Waals surface area contributed by atoms with Gasteiger partial charge in [-0.15, -0.1) is 0 Å². The summed E-state index contributed by atoms with van der Waals surface area (Å²) in [7, 11) is 0. The second-order valence-corrected chi connectivity index (χ2v) is 5.75. The molecule has 0 spiro atoms. The first-order valence-corrected chi connectivity index (χ1v) is 7.37. The molecular formula is C15H11BrClFN2O. The topological polar surface area (TPSA) is 51.2 Å². The van der Waals surface area contributed by atoms with E-state index in [9.17, 15) is 4.39 Å². The molecule has 0 aliphatic carbocycles. The van der Waals surface area contributed by atoms with Crippen LogP contribution in [0.5, 0.6) is 0 Å². The molecule has 0 saturated heterocycles. The van der Waals surface area contributed by atoms with Gasteiger partial charge in [-0.05, 0) is 39.7 Å². The quantitative estimate of drug-likeness (QED) is 0.526. The number of furan rings is 1. The second-order valence-electron chi connectivity index (χ2n) is 4.55. The maximum absolute atomic E-state index is 13.7. The van der Waals surface area contributed by atoms with E-state index in [2.05, 4.69) is 21.4 Å². The van der Waals surface area contributed by atoms with E-state index < -0.39 is 6.04 Å². The van der Waals surface area contributed by atoms with Gasteiger partial charge in [0.15, 0.2) is 5.58 Å². The maximum atomic E-state index is 13.7. The smallest absolute Gasteiger partial charge is 0.152 e. The number of hydrogen-bond donors (Lipinski definition) is 2. The van der Waals surface area contributed by atoms with Crippen LogP contribution in [0, 0.1) is 5.82 Å². The van der Waals surface area contributed by atoms with Crippen molar-refractivity contribution in [2.75, 3.05) is 0 Å². The number of hydrogen-bond acceptors (Lipinski definition) is 3. The number of halogens is 3. The zero-order chi connectivity index (χ0) is 15.0. The average molecular weight is 370 g/mol. The van der Waals surface area contributed by atoms with Crippen LogP contribution in [0.15, 0.2) is 51.4 Å². The Kier molecular flexibility index (Phi) is 3.99. The van der Waals surface area contributed by atoms with E-state index in [1.807, 2.05) is 18.2 Å². The normalized spacial score (nSPS) is 12.8. The largest absolute Gasteiger partial charge is 0.457 e. The third-order valence-corrected chi connectivity index (χ3v) is 4.39. The van der Waals surface area contributed by atoms with E-state index in [4.69, 9.17) is 21.9 Å². The van der Waals surface area contributed by atoms with Gasteiger partial charge in [-0.25, -0.2) is 9.82 Å². The highest BCUT2D eigenvalue weighted by Gasteiger charge is 2.21. The summed E-state index contributed by atoms with van der Waals surface area (Å²) >= 11 is 9.35. The Balaban J connectivity index is 2.14. The summed E-state index contributed by atoms with van der Waals surface area (Å²) in [6.45, 7) is 0. The van der Waals surface area contributed by atoms with Crippen molar-refractivity contribution < 1.29 is 8.81 Å². The van der Waals surface area contributed by atoms with Crippen molar-refractivity contribution in [2.45, 2.75) is 6.04 Å². The molecule has 6 heteroatoms. The monoisotopic (exact) mass is 368 g/mol. The lowest BCUT2D eigenvalue weighted by Gasteiger charge is -2.15. The van der Waals surface area contributed by atoms with Crippen LogP contribution < -0.4 is 11.3 Å². The molecule has 3 rings (SSSR count). The molecule has 3 aromatic rings. The van der Waals surface area contributed by atoms with Crippen LogP contribution in [0.3, 0.4) is 0 Å². The molecule has 1 heterocycles. The van der Waals surface area contributed by atoms with Gasteiger partial charge in [0.2, 0.25) is 0 Å². The van der Waals surface area contributed by atoms with E-state index in [0.29, 0.717) is 26.4 Å². The molecule has 1 atom stereocenters. The van der Waals surface area contributed by atoms with E-state index in [-0.39, 0.29) is 5.82 Å². The molecule has 0 aliphatic rings. The fourth-order valence-corrected chi connectivity index (χ4v) is 2.97. The van der Waals surface area contributed by atoms with Crippen molar-refractivity contribution in [3.63, 3.8) is 0 Å². The van der Waals surface area contributed by atoms with Crippen LogP contribution in [0.2, 0.25) is 5.02 Å². The summed E-state index contributed by atoms with van der Waals surface area (Å²) in [6.07, 6.45) is 0. The Morgan fingerprint density at radius 1 is 1.24 bits per heavy atom. The minimum atomic E-state index is -0.487. The van der Waals surface area contributed by atoms with E-state index in [0.717, 1.165) is 5.39 Å². The Morgan fingerprint density at radius 2 is 2.00 bits per heavy atom. The second kappa shape index (κ2) is 5.77. The van der Waals surface area contributed by atoms with Crippen molar-refractivity contribution in [1.82, 2.24) is 5.43 Å². The van der Waals surface area contributed by atoms with Gasteiger partial charge < -0.3 is 4.42 Å². The highest BCUT2D eigenvalue weighted by molar-refractivity contribution is 9.10.